The standard InChI is InChI=1S/C10H14N2O3/c1-8(2)5-6-11-9(7-13)3-4-10(11)12(14)15/h3-4,7-8H,5-6H2,1-2H3. The highest BCUT2D eigenvalue weighted by Gasteiger charge is 2.17. The van der Waals surface area contributed by atoms with E-state index < -0.39 is 4.92 Å². The first-order valence-corrected chi connectivity index (χ1v) is 4.85. The van der Waals surface area contributed by atoms with Crippen molar-refractivity contribution in [2.75, 3.05) is 0 Å². The number of hydrogen-bond acceptors (Lipinski definition) is 3. The second-order valence-electron chi connectivity index (χ2n) is 3.83. The van der Waals surface area contributed by atoms with Gasteiger partial charge in [-0.15, -0.1) is 0 Å². The lowest BCUT2D eigenvalue weighted by atomic mass is 10.1. The van der Waals surface area contributed by atoms with E-state index >= 15 is 0 Å². The summed E-state index contributed by atoms with van der Waals surface area (Å²) in [7, 11) is 0. The minimum atomic E-state index is -0.465. The monoisotopic (exact) mass is 210 g/mol. The third-order valence-electron chi connectivity index (χ3n) is 2.23. The Morgan fingerprint density at radius 1 is 1.53 bits per heavy atom. The van der Waals surface area contributed by atoms with Crippen LogP contribution < -0.4 is 0 Å². The van der Waals surface area contributed by atoms with Gasteiger partial charge in [0.25, 0.3) is 0 Å². The summed E-state index contributed by atoms with van der Waals surface area (Å²) in [6, 6.07) is 2.84. The van der Waals surface area contributed by atoms with Crippen LogP contribution >= 0.6 is 0 Å². The Morgan fingerprint density at radius 2 is 2.20 bits per heavy atom. The van der Waals surface area contributed by atoms with Crippen molar-refractivity contribution in [2.45, 2.75) is 26.8 Å². The van der Waals surface area contributed by atoms with Crippen molar-refractivity contribution in [3.05, 3.63) is 27.9 Å². The Hall–Kier alpha value is -1.65. The zero-order valence-corrected chi connectivity index (χ0v) is 8.84. The van der Waals surface area contributed by atoms with Gasteiger partial charge in [0.15, 0.2) is 12.0 Å². The van der Waals surface area contributed by atoms with E-state index in [4.69, 9.17) is 0 Å². The van der Waals surface area contributed by atoms with E-state index in [1.54, 1.807) is 0 Å². The van der Waals surface area contributed by atoms with Crippen LogP contribution in [-0.2, 0) is 6.54 Å². The molecule has 0 aliphatic carbocycles. The minimum absolute atomic E-state index is 0.0160. The van der Waals surface area contributed by atoms with Crippen LogP contribution in [-0.4, -0.2) is 15.8 Å². The Bertz CT molecular complexity index is 369. The first-order valence-electron chi connectivity index (χ1n) is 4.85. The normalized spacial score (nSPS) is 10.6. The smallest absolute Gasteiger partial charge is 0.323 e. The first kappa shape index (κ1) is 11.4. The highest BCUT2D eigenvalue weighted by Crippen LogP contribution is 2.17. The molecule has 0 saturated heterocycles. The van der Waals surface area contributed by atoms with Crippen molar-refractivity contribution >= 4 is 12.1 Å². The van der Waals surface area contributed by atoms with Gasteiger partial charge in [-0.2, -0.15) is 0 Å². The summed E-state index contributed by atoms with van der Waals surface area (Å²) in [5.74, 6) is 0.434. The zero-order chi connectivity index (χ0) is 11.4. The molecule has 1 aromatic heterocycles. The number of nitro groups is 1. The van der Waals surface area contributed by atoms with Crippen LogP contribution in [0.3, 0.4) is 0 Å². The molecule has 0 bridgehead atoms. The molecule has 5 nitrogen and oxygen atoms in total. The SMILES string of the molecule is CC(C)CCn1c(C=O)ccc1[N+](=O)[O-]. The largest absolute Gasteiger partial charge is 0.358 e. The Labute approximate surface area is 87.9 Å². The molecule has 0 aliphatic heterocycles. The van der Waals surface area contributed by atoms with Gasteiger partial charge in [-0.3, -0.25) is 4.79 Å². The Kier molecular flexibility index (Phi) is 3.60. The van der Waals surface area contributed by atoms with E-state index in [1.807, 2.05) is 13.8 Å². The third-order valence-corrected chi connectivity index (χ3v) is 2.23. The fourth-order valence-corrected chi connectivity index (χ4v) is 1.37. The molecule has 1 aromatic rings. The van der Waals surface area contributed by atoms with E-state index in [-0.39, 0.29) is 5.82 Å². The molecule has 0 saturated carbocycles. The molecule has 0 unspecified atom stereocenters. The second-order valence-corrected chi connectivity index (χ2v) is 3.83. The lowest BCUT2D eigenvalue weighted by Crippen LogP contribution is -2.08. The minimum Gasteiger partial charge on any atom is -0.358 e. The number of rotatable bonds is 5. The summed E-state index contributed by atoms with van der Waals surface area (Å²) in [5, 5.41) is 10.7. The molecule has 0 spiro atoms. The van der Waals surface area contributed by atoms with E-state index in [2.05, 4.69) is 0 Å². The summed E-state index contributed by atoms with van der Waals surface area (Å²) in [4.78, 5) is 20.9. The molecule has 5 heteroatoms. The van der Waals surface area contributed by atoms with Gasteiger partial charge in [0.05, 0.1) is 6.54 Å². The summed E-state index contributed by atoms with van der Waals surface area (Å²) >= 11 is 0. The molecular weight excluding hydrogens is 196 g/mol. The average Bonchev–Trinajstić information content (AvgIpc) is 2.57. The summed E-state index contributed by atoms with van der Waals surface area (Å²) < 4.78 is 1.45. The molecule has 0 radical (unpaired) electrons. The van der Waals surface area contributed by atoms with E-state index in [0.717, 1.165) is 6.42 Å². The van der Waals surface area contributed by atoms with Gasteiger partial charge in [0.1, 0.15) is 0 Å². The fraction of sp³-hybridized carbons (Fsp3) is 0.500. The van der Waals surface area contributed by atoms with Crippen molar-refractivity contribution in [1.29, 1.82) is 0 Å². The first-order chi connectivity index (χ1) is 7.06. The van der Waals surface area contributed by atoms with Crippen molar-refractivity contribution in [1.82, 2.24) is 4.57 Å². The van der Waals surface area contributed by atoms with Crippen LogP contribution in [0.15, 0.2) is 12.1 Å². The molecule has 1 heterocycles. The van der Waals surface area contributed by atoms with Crippen molar-refractivity contribution in [3.8, 4) is 0 Å². The molecule has 82 valence electrons. The Balaban J connectivity index is 2.94. The molecule has 0 atom stereocenters. The highest BCUT2D eigenvalue weighted by molar-refractivity contribution is 5.73. The molecule has 1 rings (SSSR count). The van der Waals surface area contributed by atoms with Gasteiger partial charge < -0.3 is 10.1 Å². The number of aldehydes is 1. The number of aromatic nitrogens is 1. The van der Waals surface area contributed by atoms with Crippen LogP contribution in [0, 0.1) is 16.0 Å². The van der Waals surface area contributed by atoms with Crippen LogP contribution in [0.5, 0.6) is 0 Å². The maximum atomic E-state index is 10.7. The van der Waals surface area contributed by atoms with Crippen molar-refractivity contribution in [2.24, 2.45) is 5.92 Å². The molecule has 0 aliphatic rings. The van der Waals surface area contributed by atoms with Gasteiger partial charge in [-0.25, -0.2) is 4.57 Å². The molecule has 0 aromatic carbocycles. The number of carbonyl (C=O) groups excluding carboxylic acids is 1. The molecule has 15 heavy (non-hydrogen) atoms. The lowest BCUT2D eigenvalue weighted by Gasteiger charge is -2.05. The summed E-state index contributed by atoms with van der Waals surface area (Å²) in [6.07, 6.45) is 1.46. The van der Waals surface area contributed by atoms with Crippen LogP contribution in [0.1, 0.15) is 30.8 Å². The summed E-state index contributed by atoms with van der Waals surface area (Å²) in [6.45, 7) is 4.58. The number of nitrogens with zero attached hydrogens (tertiary/aromatic N) is 2. The van der Waals surface area contributed by atoms with Gasteiger partial charge in [-0.1, -0.05) is 13.8 Å². The molecule has 0 amide bonds. The topological polar surface area (TPSA) is 65.1 Å². The fourth-order valence-electron chi connectivity index (χ4n) is 1.37. The maximum absolute atomic E-state index is 10.7. The quantitative estimate of drug-likeness (QED) is 0.425. The van der Waals surface area contributed by atoms with Crippen LogP contribution in [0.4, 0.5) is 5.82 Å². The molecule has 0 N–H and O–H groups in total. The van der Waals surface area contributed by atoms with Gasteiger partial charge in [0.2, 0.25) is 0 Å². The zero-order valence-electron chi connectivity index (χ0n) is 8.84. The highest BCUT2D eigenvalue weighted by atomic mass is 16.6. The maximum Gasteiger partial charge on any atom is 0.323 e. The summed E-state index contributed by atoms with van der Waals surface area (Å²) in [5.41, 5.74) is 0.363. The van der Waals surface area contributed by atoms with E-state index in [9.17, 15) is 14.9 Å². The third kappa shape index (κ3) is 2.65. The van der Waals surface area contributed by atoms with Gasteiger partial charge in [-0.05, 0) is 23.3 Å². The second kappa shape index (κ2) is 4.72. The van der Waals surface area contributed by atoms with E-state index in [0.29, 0.717) is 24.4 Å². The van der Waals surface area contributed by atoms with E-state index in [1.165, 1.54) is 16.7 Å². The number of hydrogen-bond donors (Lipinski definition) is 0. The number of carbonyl (C=O) groups is 1. The van der Waals surface area contributed by atoms with Crippen LogP contribution in [0.25, 0.3) is 0 Å². The predicted molar refractivity (Wildman–Crippen MR) is 55.9 cm³/mol. The predicted octanol–water partition coefficient (Wildman–Crippen LogP) is 2.25. The lowest BCUT2D eigenvalue weighted by molar-refractivity contribution is -0.392. The van der Waals surface area contributed by atoms with Crippen molar-refractivity contribution < 1.29 is 9.72 Å². The van der Waals surface area contributed by atoms with Crippen LogP contribution in [0.2, 0.25) is 0 Å². The average molecular weight is 210 g/mol. The Morgan fingerprint density at radius 3 is 2.67 bits per heavy atom. The van der Waals surface area contributed by atoms with Gasteiger partial charge >= 0.3 is 5.82 Å². The molecular formula is C10H14N2O3. The molecule has 0 fully saturated rings. The van der Waals surface area contributed by atoms with Gasteiger partial charge in [0, 0.05) is 6.07 Å². The van der Waals surface area contributed by atoms with Crippen molar-refractivity contribution in [3.63, 3.8) is 0 Å².